The van der Waals surface area contributed by atoms with Crippen LogP contribution in [0.4, 0.5) is 4.79 Å². The first-order valence-electron chi connectivity index (χ1n) is 10.0. The number of carbonyl (C=O) groups excluding carboxylic acids is 3. The van der Waals surface area contributed by atoms with Gasteiger partial charge in [0.15, 0.2) is 11.5 Å². The van der Waals surface area contributed by atoms with Gasteiger partial charge in [-0.2, -0.15) is 5.26 Å². The molecule has 1 atom stereocenters. The van der Waals surface area contributed by atoms with Gasteiger partial charge in [0, 0.05) is 7.05 Å². The summed E-state index contributed by atoms with van der Waals surface area (Å²) in [7, 11) is 1.58. The van der Waals surface area contributed by atoms with Crippen LogP contribution in [0.3, 0.4) is 0 Å². The molecular formula is C21H24N4O5. The largest absolute Gasteiger partial charge is 0.454 e. The Morgan fingerprint density at radius 1 is 1.23 bits per heavy atom. The predicted molar refractivity (Wildman–Crippen MR) is 104 cm³/mol. The van der Waals surface area contributed by atoms with Crippen LogP contribution < -0.4 is 14.8 Å². The van der Waals surface area contributed by atoms with Gasteiger partial charge >= 0.3 is 6.03 Å². The Bertz CT molecular complexity index is 949. The molecule has 1 aromatic carbocycles. The number of hydrogen-bond donors (Lipinski definition) is 1. The zero-order valence-electron chi connectivity index (χ0n) is 17.1. The summed E-state index contributed by atoms with van der Waals surface area (Å²) in [6, 6.07) is 6.68. The summed E-state index contributed by atoms with van der Waals surface area (Å²) in [6.07, 6.45) is 3.97. The van der Waals surface area contributed by atoms with Gasteiger partial charge in [0.2, 0.25) is 12.7 Å². The van der Waals surface area contributed by atoms with Crippen LogP contribution >= 0.6 is 0 Å². The summed E-state index contributed by atoms with van der Waals surface area (Å²) in [5, 5.41) is 12.4. The molecule has 3 aliphatic rings. The van der Waals surface area contributed by atoms with E-state index < -0.39 is 35.5 Å². The number of imide groups is 1. The molecule has 1 saturated carbocycles. The minimum atomic E-state index is -1.32. The summed E-state index contributed by atoms with van der Waals surface area (Å²) in [5.74, 6) is 0.111. The number of nitriles is 1. The van der Waals surface area contributed by atoms with Crippen molar-refractivity contribution in [2.75, 3.05) is 20.4 Å². The number of hydrogen-bond acceptors (Lipinski definition) is 6. The van der Waals surface area contributed by atoms with Gasteiger partial charge in [-0.25, -0.2) is 4.79 Å². The van der Waals surface area contributed by atoms with E-state index in [1.54, 1.807) is 32.2 Å². The maximum atomic E-state index is 13.2. The first kappa shape index (κ1) is 20.0. The van der Waals surface area contributed by atoms with Crippen LogP contribution in [0, 0.1) is 11.3 Å². The van der Waals surface area contributed by atoms with Gasteiger partial charge in [0.05, 0.1) is 6.07 Å². The number of carbonyl (C=O) groups is 3. The van der Waals surface area contributed by atoms with E-state index in [-0.39, 0.29) is 6.79 Å². The molecule has 1 aliphatic carbocycles. The first-order valence-corrected chi connectivity index (χ1v) is 10.0. The number of urea groups is 1. The average molecular weight is 412 g/mol. The molecule has 9 nitrogen and oxygen atoms in total. The number of nitrogens with zero attached hydrogens (tertiary/aromatic N) is 3. The number of benzene rings is 1. The third kappa shape index (κ3) is 3.03. The van der Waals surface area contributed by atoms with Crippen LogP contribution in [0.5, 0.6) is 11.5 Å². The number of ether oxygens (including phenoxy) is 2. The van der Waals surface area contributed by atoms with Crippen molar-refractivity contribution in [2.24, 2.45) is 0 Å². The molecule has 0 unspecified atom stereocenters. The van der Waals surface area contributed by atoms with Gasteiger partial charge < -0.3 is 19.7 Å². The Labute approximate surface area is 174 Å². The second-order valence-corrected chi connectivity index (χ2v) is 8.17. The molecule has 9 heteroatoms. The van der Waals surface area contributed by atoms with E-state index >= 15 is 0 Å². The maximum Gasteiger partial charge on any atom is 0.325 e. The van der Waals surface area contributed by atoms with Gasteiger partial charge in [0.25, 0.3) is 5.91 Å². The maximum absolute atomic E-state index is 13.2. The quantitative estimate of drug-likeness (QED) is 0.756. The molecule has 2 fully saturated rings. The standard InChI is InChI=1S/C21H24N4O5/c1-20(14-6-7-15-16(10-14)30-13-29-15)18(27)25(19(28)23-20)11-17(26)24(2)21(12-22)8-4-3-5-9-21/h6-7,10H,3-5,8-9,11,13H2,1-2H3,(H,23,28)/t20-/m1/s1. The van der Waals surface area contributed by atoms with Crippen LogP contribution in [0.1, 0.15) is 44.6 Å². The fourth-order valence-corrected chi connectivity index (χ4v) is 4.38. The first-order chi connectivity index (χ1) is 14.3. The van der Waals surface area contributed by atoms with Crippen LogP contribution in [0.15, 0.2) is 18.2 Å². The number of fused-ring (bicyclic) bond motifs is 1. The fraction of sp³-hybridized carbons (Fsp3) is 0.524. The molecule has 0 spiro atoms. The smallest absolute Gasteiger partial charge is 0.325 e. The van der Waals surface area contributed by atoms with E-state index in [0.29, 0.717) is 29.9 Å². The lowest BCUT2D eigenvalue weighted by atomic mass is 9.81. The van der Waals surface area contributed by atoms with Crippen LogP contribution in [0.25, 0.3) is 0 Å². The minimum Gasteiger partial charge on any atom is -0.454 e. The molecule has 1 saturated heterocycles. The second kappa shape index (κ2) is 7.20. The summed E-state index contributed by atoms with van der Waals surface area (Å²) in [4.78, 5) is 41.0. The Morgan fingerprint density at radius 2 is 1.93 bits per heavy atom. The van der Waals surface area contributed by atoms with Crippen molar-refractivity contribution in [3.8, 4) is 17.6 Å². The highest BCUT2D eigenvalue weighted by Gasteiger charge is 2.51. The minimum absolute atomic E-state index is 0.101. The Hall–Kier alpha value is -3.28. The lowest BCUT2D eigenvalue weighted by molar-refractivity contribution is -0.141. The average Bonchev–Trinajstić information content (AvgIpc) is 3.31. The molecule has 4 amide bonds. The highest BCUT2D eigenvalue weighted by atomic mass is 16.7. The van der Waals surface area contributed by atoms with Gasteiger partial charge in [-0.3, -0.25) is 14.5 Å². The highest BCUT2D eigenvalue weighted by molar-refractivity contribution is 6.09. The molecule has 0 aromatic heterocycles. The van der Waals surface area contributed by atoms with E-state index in [1.165, 1.54) is 4.90 Å². The topological polar surface area (TPSA) is 112 Å². The predicted octanol–water partition coefficient (Wildman–Crippen LogP) is 1.87. The third-order valence-corrected chi connectivity index (χ3v) is 6.42. The van der Waals surface area contributed by atoms with E-state index in [2.05, 4.69) is 11.4 Å². The molecule has 4 rings (SSSR count). The SMILES string of the molecule is CN(C(=O)CN1C(=O)N[C@](C)(c2ccc3c(c2)OCO3)C1=O)C1(C#N)CCCCC1. The summed E-state index contributed by atoms with van der Waals surface area (Å²) in [5.41, 5.74) is -1.67. The van der Waals surface area contributed by atoms with Crippen molar-refractivity contribution < 1.29 is 23.9 Å². The van der Waals surface area contributed by atoms with E-state index in [0.717, 1.165) is 24.2 Å². The van der Waals surface area contributed by atoms with Crippen LogP contribution in [-0.4, -0.2) is 53.6 Å². The van der Waals surface area contributed by atoms with Crippen molar-refractivity contribution in [1.29, 1.82) is 5.26 Å². The number of amides is 4. The lowest BCUT2D eigenvalue weighted by Gasteiger charge is -2.39. The molecule has 158 valence electrons. The third-order valence-electron chi connectivity index (χ3n) is 6.42. The van der Waals surface area contributed by atoms with Gasteiger partial charge in [-0.05, 0) is 37.5 Å². The second-order valence-electron chi connectivity index (χ2n) is 8.17. The summed E-state index contributed by atoms with van der Waals surface area (Å²) in [6.45, 7) is 1.28. The number of rotatable bonds is 4. The van der Waals surface area contributed by atoms with Gasteiger partial charge in [-0.1, -0.05) is 25.3 Å². The molecule has 30 heavy (non-hydrogen) atoms. The van der Waals surface area contributed by atoms with Crippen molar-refractivity contribution in [1.82, 2.24) is 15.1 Å². The van der Waals surface area contributed by atoms with E-state index in [4.69, 9.17) is 9.47 Å². The lowest BCUT2D eigenvalue weighted by Crippen LogP contribution is -2.53. The number of likely N-dealkylation sites (N-methyl/N-ethyl adjacent to an activating group) is 1. The van der Waals surface area contributed by atoms with Crippen molar-refractivity contribution in [2.45, 2.75) is 50.1 Å². The summed E-state index contributed by atoms with van der Waals surface area (Å²) < 4.78 is 10.7. The molecule has 1 aromatic rings. The molecule has 2 aliphatic heterocycles. The van der Waals surface area contributed by atoms with E-state index in [9.17, 15) is 19.6 Å². The molecule has 1 N–H and O–H groups in total. The zero-order chi connectivity index (χ0) is 21.5. The molecule has 0 radical (unpaired) electrons. The Morgan fingerprint density at radius 3 is 2.63 bits per heavy atom. The Balaban J connectivity index is 1.53. The zero-order valence-corrected chi connectivity index (χ0v) is 17.1. The number of nitrogens with one attached hydrogen (secondary N) is 1. The van der Waals surface area contributed by atoms with Crippen molar-refractivity contribution >= 4 is 17.8 Å². The monoisotopic (exact) mass is 412 g/mol. The molecule has 0 bridgehead atoms. The molecular weight excluding hydrogens is 388 g/mol. The van der Waals surface area contributed by atoms with Gasteiger partial charge in [0.1, 0.15) is 17.6 Å². The van der Waals surface area contributed by atoms with Crippen molar-refractivity contribution in [3.05, 3.63) is 23.8 Å². The Kier molecular flexibility index (Phi) is 4.80. The molecule has 2 heterocycles. The van der Waals surface area contributed by atoms with E-state index in [1.807, 2.05) is 0 Å². The van der Waals surface area contributed by atoms with Crippen LogP contribution in [-0.2, 0) is 15.1 Å². The summed E-state index contributed by atoms with van der Waals surface area (Å²) >= 11 is 0. The fourth-order valence-electron chi connectivity index (χ4n) is 4.38. The van der Waals surface area contributed by atoms with Gasteiger partial charge in [-0.15, -0.1) is 0 Å². The normalized spacial score (nSPS) is 24.4. The van der Waals surface area contributed by atoms with Crippen molar-refractivity contribution in [3.63, 3.8) is 0 Å². The van der Waals surface area contributed by atoms with Crippen LogP contribution in [0.2, 0.25) is 0 Å². The highest BCUT2D eigenvalue weighted by Crippen LogP contribution is 2.38.